The van der Waals surface area contributed by atoms with Crippen molar-refractivity contribution < 1.29 is 0 Å². The summed E-state index contributed by atoms with van der Waals surface area (Å²) >= 11 is 2.31. The molecule has 0 aliphatic heterocycles. The Morgan fingerprint density at radius 2 is 2.11 bits per heavy atom. The molecule has 2 heterocycles. The predicted molar refractivity (Wildman–Crippen MR) is 85.2 cm³/mol. The van der Waals surface area contributed by atoms with E-state index in [1.807, 2.05) is 31.9 Å². The van der Waals surface area contributed by atoms with Crippen LogP contribution in [0.4, 0.5) is 5.82 Å². The number of rotatable bonds is 4. The molecule has 0 saturated heterocycles. The van der Waals surface area contributed by atoms with Gasteiger partial charge in [0.2, 0.25) is 0 Å². The minimum absolute atomic E-state index is 0.749. The van der Waals surface area contributed by atoms with Gasteiger partial charge in [0.15, 0.2) is 5.82 Å². The summed E-state index contributed by atoms with van der Waals surface area (Å²) in [6.45, 7) is 4.19. The van der Waals surface area contributed by atoms with Crippen LogP contribution in [-0.4, -0.2) is 26.8 Å². The number of anilines is 1. The van der Waals surface area contributed by atoms with E-state index in [9.17, 15) is 0 Å². The first-order chi connectivity index (χ1) is 9.08. The number of nitrogens with one attached hydrogen (secondary N) is 1. The van der Waals surface area contributed by atoms with Gasteiger partial charge >= 0.3 is 0 Å². The van der Waals surface area contributed by atoms with Gasteiger partial charge in [-0.15, -0.1) is 0 Å². The lowest BCUT2D eigenvalue weighted by Crippen LogP contribution is -2.05. The van der Waals surface area contributed by atoms with Crippen molar-refractivity contribution in [1.29, 1.82) is 0 Å². The zero-order chi connectivity index (χ0) is 14.0. The van der Waals surface area contributed by atoms with Gasteiger partial charge < -0.3 is 5.32 Å². The van der Waals surface area contributed by atoms with Crippen LogP contribution in [0.25, 0.3) is 11.4 Å². The molecule has 0 saturated carbocycles. The molecule has 6 heteroatoms. The van der Waals surface area contributed by atoms with Gasteiger partial charge in [-0.25, -0.2) is 9.97 Å². The molecule has 0 aliphatic carbocycles. The van der Waals surface area contributed by atoms with Crippen molar-refractivity contribution in [2.75, 3.05) is 12.4 Å². The Morgan fingerprint density at radius 3 is 2.63 bits per heavy atom. The van der Waals surface area contributed by atoms with Gasteiger partial charge in [-0.1, -0.05) is 13.3 Å². The first-order valence-corrected chi connectivity index (χ1v) is 7.39. The zero-order valence-corrected chi connectivity index (χ0v) is 13.8. The fourth-order valence-corrected chi connectivity index (χ4v) is 2.68. The molecule has 0 bridgehead atoms. The molecular formula is C13H18IN5. The van der Waals surface area contributed by atoms with Crippen LogP contribution >= 0.6 is 22.6 Å². The van der Waals surface area contributed by atoms with Crippen molar-refractivity contribution >= 4 is 28.4 Å². The summed E-state index contributed by atoms with van der Waals surface area (Å²) in [5.41, 5.74) is 3.17. The van der Waals surface area contributed by atoms with Crippen LogP contribution in [0.1, 0.15) is 24.7 Å². The van der Waals surface area contributed by atoms with E-state index in [0.29, 0.717) is 0 Å². The molecule has 5 nitrogen and oxygen atoms in total. The van der Waals surface area contributed by atoms with Crippen LogP contribution in [0.3, 0.4) is 0 Å². The van der Waals surface area contributed by atoms with Gasteiger partial charge in [-0.05, 0) is 35.9 Å². The zero-order valence-electron chi connectivity index (χ0n) is 11.7. The fourth-order valence-electron chi connectivity index (χ4n) is 1.90. The Bertz CT molecular complexity index is 591. The molecule has 0 aliphatic rings. The lowest BCUT2D eigenvalue weighted by atomic mass is 10.2. The molecule has 102 valence electrons. The van der Waals surface area contributed by atoms with Gasteiger partial charge in [0.25, 0.3) is 0 Å². The SMILES string of the molecule is CCCc1nc(-c2cnn(C)c2C)nc(NC)c1I. The molecule has 0 spiro atoms. The highest BCUT2D eigenvalue weighted by Gasteiger charge is 2.15. The van der Waals surface area contributed by atoms with Crippen LogP contribution in [0, 0.1) is 10.5 Å². The number of halogens is 1. The molecule has 19 heavy (non-hydrogen) atoms. The number of aromatic nitrogens is 4. The second-order valence-corrected chi connectivity index (χ2v) is 5.50. The molecule has 2 aromatic rings. The molecule has 2 aromatic heterocycles. The van der Waals surface area contributed by atoms with E-state index in [0.717, 1.165) is 45.0 Å². The van der Waals surface area contributed by atoms with Gasteiger partial charge in [-0.3, -0.25) is 4.68 Å². The summed E-state index contributed by atoms with van der Waals surface area (Å²) in [6, 6.07) is 0. The molecule has 0 atom stereocenters. The summed E-state index contributed by atoms with van der Waals surface area (Å²) in [5.74, 6) is 1.64. The molecule has 2 rings (SSSR count). The predicted octanol–water partition coefficient (Wildman–Crippen LogP) is 2.78. The van der Waals surface area contributed by atoms with Gasteiger partial charge in [0.05, 0.1) is 21.0 Å². The topological polar surface area (TPSA) is 55.6 Å². The first-order valence-electron chi connectivity index (χ1n) is 6.31. The van der Waals surface area contributed by atoms with Crippen LogP contribution in [0.5, 0.6) is 0 Å². The number of hydrogen-bond donors (Lipinski definition) is 1. The van der Waals surface area contributed by atoms with Crippen molar-refractivity contribution in [2.45, 2.75) is 26.7 Å². The number of aryl methyl sites for hydroxylation is 2. The van der Waals surface area contributed by atoms with E-state index in [1.54, 1.807) is 0 Å². The third kappa shape index (κ3) is 2.72. The molecule has 1 N–H and O–H groups in total. The van der Waals surface area contributed by atoms with E-state index in [4.69, 9.17) is 4.98 Å². The number of nitrogens with zero attached hydrogens (tertiary/aromatic N) is 4. The maximum absolute atomic E-state index is 4.70. The average Bonchev–Trinajstić information content (AvgIpc) is 2.73. The standard InChI is InChI=1S/C13H18IN5/c1-5-6-10-11(14)13(15-3)18-12(17-10)9-7-16-19(4)8(9)2/h7H,5-6H2,1-4H3,(H,15,17,18). The maximum atomic E-state index is 4.70. The highest BCUT2D eigenvalue weighted by molar-refractivity contribution is 14.1. The summed E-state index contributed by atoms with van der Waals surface area (Å²) in [4.78, 5) is 9.30. The van der Waals surface area contributed by atoms with Crippen molar-refractivity contribution in [3.05, 3.63) is 21.2 Å². The highest BCUT2D eigenvalue weighted by atomic mass is 127. The normalized spacial score (nSPS) is 10.8. The maximum Gasteiger partial charge on any atom is 0.165 e. The van der Waals surface area contributed by atoms with Gasteiger partial charge in [0, 0.05) is 19.8 Å². The van der Waals surface area contributed by atoms with Crippen molar-refractivity contribution in [2.24, 2.45) is 7.05 Å². The van der Waals surface area contributed by atoms with E-state index in [1.165, 1.54) is 0 Å². The molecule has 0 aromatic carbocycles. The van der Waals surface area contributed by atoms with Crippen molar-refractivity contribution in [3.8, 4) is 11.4 Å². The second-order valence-electron chi connectivity index (χ2n) is 4.42. The van der Waals surface area contributed by atoms with Crippen molar-refractivity contribution in [3.63, 3.8) is 0 Å². The monoisotopic (exact) mass is 371 g/mol. The Hall–Kier alpha value is -1.18. The Labute approximate surface area is 127 Å². The minimum Gasteiger partial charge on any atom is -0.372 e. The Morgan fingerprint density at radius 1 is 1.37 bits per heavy atom. The highest BCUT2D eigenvalue weighted by Crippen LogP contribution is 2.26. The van der Waals surface area contributed by atoms with Crippen LogP contribution in [0.15, 0.2) is 6.20 Å². The third-order valence-electron chi connectivity index (χ3n) is 3.12. The van der Waals surface area contributed by atoms with E-state index < -0.39 is 0 Å². The third-order valence-corrected chi connectivity index (χ3v) is 4.25. The Balaban J connectivity index is 2.57. The summed E-state index contributed by atoms with van der Waals surface area (Å²) in [5, 5.41) is 7.41. The average molecular weight is 371 g/mol. The summed E-state index contributed by atoms with van der Waals surface area (Å²) in [6.07, 6.45) is 3.86. The van der Waals surface area contributed by atoms with Crippen molar-refractivity contribution in [1.82, 2.24) is 19.7 Å². The first kappa shape index (κ1) is 14.2. The minimum atomic E-state index is 0.749. The Kier molecular flexibility index (Phi) is 4.38. The number of hydrogen-bond acceptors (Lipinski definition) is 4. The molecular weight excluding hydrogens is 353 g/mol. The van der Waals surface area contributed by atoms with Gasteiger partial charge in [-0.2, -0.15) is 5.10 Å². The quantitative estimate of drug-likeness (QED) is 0.840. The van der Waals surface area contributed by atoms with Crippen LogP contribution in [-0.2, 0) is 13.5 Å². The lowest BCUT2D eigenvalue weighted by molar-refractivity contribution is 0.740. The summed E-state index contributed by atoms with van der Waals surface area (Å²) in [7, 11) is 3.82. The summed E-state index contributed by atoms with van der Waals surface area (Å²) < 4.78 is 2.95. The van der Waals surface area contributed by atoms with Crippen LogP contribution < -0.4 is 5.32 Å². The smallest absolute Gasteiger partial charge is 0.165 e. The van der Waals surface area contributed by atoms with Gasteiger partial charge in [0.1, 0.15) is 5.82 Å². The molecule has 0 fully saturated rings. The molecule has 0 unspecified atom stereocenters. The molecule has 0 radical (unpaired) electrons. The lowest BCUT2D eigenvalue weighted by Gasteiger charge is -2.10. The fraction of sp³-hybridized carbons (Fsp3) is 0.462. The second kappa shape index (κ2) is 5.85. The van der Waals surface area contributed by atoms with E-state index >= 15 is 0 Å². The van der Waals surface area contributed by atoms with Crippen LogP contribution in [0.2, 0.25) is 0 Å². The largest absolute Gasteiger partial charge is 0.372 e. The molecule has 0 amide bonds. The van der Waals surface area contributed by atoms with E-state index in [-0.39, 0.29) is 0 Å². The van der Waals surface area contributed by atoms with E-state index in [2.05, 4.69) is 44.9 Å².